The van der Waals surface area contributed by atoms with Gasteiger partial charge < -0.3 is 14.4 Å². The Kier molecular flexibility index (Phi) is 13.7. The molecule has 410 valence electrons. The number of thiophene rings is 2. The van der Waals surface area contributed by atoms with Gasteiger partial charge in [0.05, 0.1) is 22.4 Å². The lowest BCUT2D eigenvalue weighted by Crippen LogP contribution is -2.14. The Morgan fingerprint density at radius 2 is 0.767 bits per heavy atom. The standard InChI is InChI=1S/C74H51N3S2.C7H8/c1-48-19-9-10-24-57(48)58-40-37-54(45-49(58)2)76(56-38-41-63-61-27-13-17-31-70(61)78-72(63)47-56)67-30-16-12-26-60(67)59-25-11-15-29-66(59)75(53-35-33-51(34-36-53)50-20-5-3-6-21-50)55-39-42-65-69(46-55)77(52-22-7-4-8-23-52)68-44-43-64-62-28-14-18-32-71(62)79-74(64)73(65)68;1-7-5-3-2-4-6-7/h3-47H,1-2H3;2-6H,1H3. The van der Waals surface area contributed by atoms with Crippen LogP contribution in [0.5, 0.6) is 0 Å². The van der Waals surface area contributed by atoms with Crippen molar-refractivity contribution in [2.24, 2.45) is 0 Å². The number of para-hydroxylation sites is 3. The maximum Gasteiger partial charge on any atom is 0.0562 e. The van der Waals surface area contributed by atoms with Crippen molar-refractivity contribution in [2.75, 3.05) is 9.80 Å². The van der Waals surface area contributed by atoms with Gasteiger partial charge in [0.2, 0.25) is 0 Å². The van der Waals surface area contributed by atoms with E-state index >= 15 is 0 Å². The Labute approximate surface area is 509 Å². The lowest BCUT2D eigenvalue weighted by Gasteiger charge is -2.31. The van der Waals surface area contributed by atoms with E-state index < -0.39 is 0 Å². The van der Waals surface area contributed by atoms with Gasteiger partial charge in [-0.15, -0.1) is 22.7 Å². The highest BCUT2D eigenvalue weighted by Gasteiger charge is 2.26. The first kappa shape index (κ1) is 52.5. The number of fused-ring (bicyclic) bond motifs is 10. The first-order valence-electron chi connectivity index (χ1n) is 29.4. The van der Waals surface area contributed by atoms with Gasteiger partial charge in [0.15, 0.2) is 0 Å². The summed E-state index contributed by atoms with van der Waals surface area (Å²) in [5.74, 6) is 0. The van der Waals surface area contributed by atoms with E-state index in [-0.39, 0.29) is 0 Å². The zero-order chi connectivity index (χ0) is 57.7. The lowest BCUT2D eigenvalue weighted by atomic mass is 9.95. The van der Waals surface area contributed by atoms with Crippen LogP contribution in [0.25, 0.3) is 101 Å². The number of rotatable bonds is 10. The average molecular weight is 1140 g/mol. The first-order chi connectivity index (χ1) is 42.4. The fourth-order valence-electron chi connectivity index (χ4n) is 12.7. The van der Waals surface area contributed by atoms with E-state index in [1.54, 1.807) is 0 Å². The maximum absolute atomic E-state index is 2.47. The minimum Gasteiger partial charge on any atom is -0.310 e. The SMILES string of the molecule is Cc1ccccc1.Cc1ccccc1-c1ccc(N(c2ccc3c(c2)sc2ccccc23)c2ccccc2-c2ccccc2N(c2ccc(-c3ccccc3)cc2)c2ccc3c4c5sc6ccccc6c5ccc4n(-c4ccccc4)c3c2)cc1C. The van der Waals surface area contributed by atoms with Crippen molar-refractivity contribution >= 4 is 119 Å². The number of anilines is 6. The molecule has 0 aliphatic heterocycles. The maximum atomic E-state index is 2.47. The molecule has 3 heterocycles. The third-order valence-electron chi connectivity index (χ3n) is 16.8. The molecule has 3 aromatic heterocycles. The van der Waals surface area contributed by atoms with Gasteiger partial charge in [-0.3, -0.25) is 0 Å². The summed E-state index contributed by atoms with van der Waals surface area (Å²) in [6, 6.07) is 111. The van der Waals surface area contributed by atoms with Gasteiger partial charge in [-0.2, -0.15) is 0 Å². The molecule has 3 nitrogen and oxygen atoms in total. The molecule has 0 N–H and O–H groups in total. The molecule has 0 spiro atoms. The van der Waals surface area contributed by atoms with Gasteiger partial charge in [-0.05, 0) is 145 Å². The minimum atomic E-state index is 1.06. The van der Waals surface area contributed by atoms with Crippen LogP contribution in [-0.4, -0.2) is 4.57 Å². The van der Waals surface area contributed by atoms with Gasteiger partial charge in [-0.25, -0.2) is 0 Å². The van der Waals surface area contributed by atoms with Crippen molar-refractivity contribution in [1.82, 2.24) is 4.57 Å². The number of hydrogen-bond acceptors (Lipinski definition) is 4. The fourth-order valence-corrected chi connectivity index (χ4v) is 15.1. The van der Waals surface area contributed by atoms with Crippen LogP contribution >= 0.6 is 22.7 Å². The van der Waals surface area contributed by atoms with Crippen LogP contribution in [0.4, 0.5) is 34.1 Å². The molecule has 86 heavy (non-hydrogen) atoms. The van der Waals surface area contributed by atoms with E-state index in [2.05, 4.69) is 320 Å². The molecular weight excluding hydrogens is 1080 g/mol. The molecule has 0 atom stereocenters. The van der Waals surface area contributed by atoms with Gasteiger partial charge in [-0.1, -0.05) is 218 Å². The zero-order valence-electron chi connectivity index (χ0n) is 48.0. The van der Waals surface area contributed by atoms with Crippen molar-refractivity contribution < 1.29 is 0 Å². The molecule has 0 radical (unpaired) electrons. The Morgan fingerprint density at radius 1 is 0.291 bits per heavy atom. The van der Waals surface area contributed by atoms with Crippen molar-refractivity contribution in [3.8, 4) is 39.1 Å². The summed E-state index contributed by atoms with van der Waals surface area (Å²) in [5.41, 5.74) is 20.9. The number of aryl methyl sites for hydroxylation is 3. The number of aromatic nitrogens is 1. The monoisotopic (exact) mass is 1140 g/mol. The van der Waals surface area contributed by atoms with Crippen molar-refractivity contribution in [1.29, 1.82) is 0 Å². The normalized spacial score (nSPS) is 11.4. The van der Waals surface area contributed by atoms with Gasteiger partial charge in [0.25, 0.3) is 0 Å². The highest BCUT2D eigenvalue weighted by atomic mass is 32.1. The minimum absolute atomic E-state index is 1.06. The molecule has 0 saturated heterocycles. The Balaban J connectivity index is 0.000000836. The zero-order valence-corrected chi connectivity index (χ0v) is 49.7. The second-order valence-electron chi connectivity index (χ2n) is 22.2. The van der Waals surface area contributed by atoms with Crippen molar-refractivity contribution in [3.63, 3.8) is 0 Å². The molecule has 0 bridgehead atoms. The topological polar surface area (TPSA) is 11.4 Å². The van der Waals surface area contributed by atoms with Gasteiger partial charge in [0, 0.05) is 90.7 Å². The molecule has 0 aliphatic rings. The summed E-state index contributed by atoms with van der Waals surface area (Å²) in [6.45, 7) is 6.54. The number of nitrogens with zero attached hydrogens (tertiary/aromatic N) is 3. The summed E-state index contributed by atoms with van der Waals surface area (Å²) < 4.78 is 7.64. The molecule has 0 saturated carbocycles. The largest absolute Gasteiger partial charge is 0.310 e. The van der Waals surface area contributed by atoms with Gasteiger partial charge >= 0.3 is 0 Å². The smallest absolute Gasteiger partial charge is 0.0562 e. The number of benzene rings is 13. The highest BCUT2D eigenvalue weighted by molar-refractivity contribution is 7.27. The molecule has 0 amide bonds. The predicted octanol–water partition coefficient (Wildman–Crippen LogP) is 24.1. The van der Waals surface area contributed by atoms with Crippen LogP contribution < -0.4 is 9.80 Å². The summed E-state index contributed by atoms with van der Waals surface area (Å²) in [6.07, 6.45) is 0. The second-order valence-corrected chi connectivity index (χ2v) is 24.3. The third-order valence-corrected chi connectivity index (χ3v) is 19.1. The molecule has 16 aromatic rings. The predicted molar refractivity (Wildman–Crippen MR) is 373 cm³/mol. The van der Waals surface area contributed by atoms with Crippen LogP contribution in [-0.2, 0) is 0 Å². The van der Waals surface area contributed by atoms with Crippen LogP contribution in [0.15, 0.2) is 303 Å². The van der Waals surface area contributed by atoms with E-state index in [1.165, 1.54) is 95.6 Å². The number of hydrogen-bond donors (Lipinski definition) is 0. The summed E-state index contributed by atoms with van der Waals surface area (Å²) in [5, 5.41) is 7.69. The summed E-state index contributed by atoms with van der Waals surface area (Å²) >= 11 is 3.75. The van der Waals surface area contributed by atoms with E-state index in [0.717, 1.165) is 56.5 Å². The molecular formula is C81H59N3S2. The average Bonchev–Trinajstić information content (AvgIpc) is 1.80. The Morgan fingerprint density at radius 3 is 1.43 bits per heavy atom. The Bertz CT molecular complexity index is 5150. The van der Waals surface area contributed by atoms with Crippen LogP contribution in [0.2, 0.25) is 0 Å². The molecule has 0 aliphatic carbocycles. The van der Waals surface area contributed by atoms with E-state index in [1.807, 2.05) is 40.9 Å². The highest BCUT2D eigenvalue weighted by Crippen LogP contribution is 2.50. The first-order valence-corrected chi connectivity index (χ1v) is 31.0. The molecule has 16 rings (SSSR count). The summed E-state index contributed by atoms with van der Waals surface area (Å²) in [4.78, 5) is 4.94. The molecule has 0 fully saturated rings. The van der Waals surface area contributed by atoms with Crippen molar-refractivity contribution in [2.45, 2.75) is 20.8 Å². The van der Waals surface area contributed by atoms with Crippen LogP contribution in [0, 0.1) is 20.8 Å². The molecule has 0 unspecified atom stereocenters. The van der Waals surface area contributed by atoms with Crippen LogP contribution in [0.1, 0.15) is 16.7 Å². The molecule has 13 aromatic carbocycles. The Hall–Kier alpha value is -10.3. The van der Waals surface area contributed by atoms with Gasteiger partial charge in [0.1, 0.15) is 0 Å². The second kappa shape index (κ2) is 22.4. The third kappa shape index (κ3) is 9.48. The molecule has 5 heteroatoms. The quantitative estimate of drug-likeness (QED) is 0.135. The van der Waals surface area contributed by atoms with E-state index in [4.69, 9.17) is 0 Å². The van der Waals surface area contributed by atoms with Crippen molar-refractivity contribution in [3.05, 3.63) is 320 Å². The fraction of sp³-hybridized carbons (Fsp3) is 0.0370. The van der Waals surface area contributed by atoms with E-state index in [9.17, 15) is 0 Å². The van der Waals surface area contributed by atoms with Crippen LogP contribution in [0.3, 0.4) is 0 Å². The lowest BCUT2D eigenvalue weighted by molar-refractivity contribution is 1.18. The van der Waals surface area contributed by atoms with E-state index in [0.29, 0.717) is 0 Å². The summed E-state index contributed by atoms with van der Waals surface area (Å²) in [7, 11) is 0.